The fourth-order valence-electron chi connectivity index (χ4n) is 3.18. The van der Waals surface area contributed by atoms with E-state index in [-0.39, 0.29) is 0 Å². The molecule has 3 unspecified atom stereocenters. The standard InChI is InChI=1S/C20H38NPS/c1-7-8-18(22-16(2)3)11-12-20(5,6)13-14-21-15-19-10-9-17(4)23-19/h18-19,21-22H,2,4,7-15H2,1,3,5-6H3. The van der Waals surface area contributed by atoms with Crippen molar-refractivity contribution in [2.75, 3.05) is 13.1 Å². The van der Waals surface area contributed by atoms with Crippen molar-refractivity contribution < 1.29 is 0 Å². The lowest BCUT2D eigenvalue weighted by molar-refractivity contribution is 0.291. The second-order valence-electron chi connectivity index (χ2n) is 7.88. The molecule has 0 aromatic carbocycles. The summed E-state index contributed by atoms with van der Waals surface area (Å²) in [6.07, 6.45) is 9.17. The van der Waals surface area contributed by atoms with E-state index in [0.717, 1.165) is 32.6 Å². The van der Waals surface area contributed by atoms with Crippen molar-refractivity contribution in [1.29, 1.82) is 0 Å². The van der Waals surface area contributed by atoms with Crippen LogP contribution >= 0.6 is 20.3 Å². The third kappa shape index (κ3) is 9.95. The molecule has 1 N–H and O–H groups in total. The minimum atomic E-state index is 0.449. The monoisotopic (exact) mass is 355 g/mol. The molecule has 3 heteroatoms. The van der Waals surface area contributed by atoms with Crippen molar-refractivity contribution in [3.05, 3.63) is 23.4 Å². The summed E-state index contributed by atoms with van der Waals surface area (Å²) in [5.74, 6) is 0. The molecular weight excluding hydrogens is 317 g/mol. The molecule has 1 nitrogen and oxygen atoms in total. The predicted molar refractivity (Wildman–Crippen MR) is 112 cm³/mol. The van der Waals surface area contributed by atoms with Crippen LogP contribution < -0.4 is 5.32 Å². The zero-order valence-corrected chi connectivity index (χ0v) is 17.7. The molecule has 23 heavy (non-hydrogen) atoms. The second-order valence-corrected chi connectivity index (χ2v) is 11.3. The third-order valence-electron chi connectivity index (χ3n) is 4.69. The number of thioether (sulfide) groups is 1. The van der Waals surface area contributed by atoms with Gasteiger partial charge in [-0.25, -0.2) is 0 Å². The van der Waals surface area contributed by atoms with Crippen LogP contribution in [0.25, 0.3) is 0 Å². The van der Waals surface area contributed by atoms with Gasteiger partial charge in [0, 0.05) is 11.8 Å². The van der Waals surface area contributed by atoms with Gasteiger partial charge in [0.15, 0.2) is 0 Å². The Morgan fingerprint density at radius 1 is 1.39 bits per heavy atom. The Kier molecular flexibility index (Phi) is 10.1. The van der Waals surface area contributed by atoms with Gasteiger partial charge in [-0.05, 0) is 68.0 Å². The number of hydrogen-bond donors (Lipinski definition) is 1. The van der Waals surface area contributed by atoms with Gasteiger partial charge in [0.1, 0.15) is 0 Å². The summed E-state index contributed by atoms with van der Waals surface area (Å²) in [6.45, 7) is 19.9. The first-order valence-corrected chi connectivity index (χ1v) is 11.3. The molecule has 0 radical (unpaired) electrons. The molecule has 0 aliphatic carbocycles. The molecule has 1 aliphatic heterocycles. The van der Waals surface area contributed by atoms with Gasteiger partial charge in [0.05, 0.1) is 0 Å². The van der Waals surface area contributed by atoms with Gasteiger partial charge in [0.2, 0.25) is 0 Å². The molecule has 0 saturated carbocycles. The molecule has 1 heterocycles. The molecule has 0 spiro atoms. The molecule has 0 bridgehead atoms. The molecular formula is C20H38NPS. The van der Waals surface area contributed by atoms with Gasteiger partial charge in [-0.3, -0.25) is 0 Å². The highest BCUT2D eigenvalue weighted by Crippen LogP contribution is 2.37. The minimum Gasteiger partial charge on any atom is -0.316 e. The first kappa shape index (κ1) is 21.3. The van der Waals surface area contributed by atoms with Crippen LogP contribution in [0.2, 0.25) is 0 Å². The van der Waals surface area contributed by atoms with E-state index >= 15 is 0 Å². The Balaban J connectivity index is 2.20. The first-order valence-electron chi connectivity index (χ1n) is 9.29. The molecule has 1 saturated heterocycles. The fourth-order valence-corrected chi connectivity index (χ4v) is 5.75. The van der Waals surface area contributed by atoms with Crippen LogP contribution in [-0.4, -0.2) is 24.0 Å². The van der Waals surface area contributed by atoms with Crippen LogP contribution in [0.1, 0.15) is 72.6 Å². The van der Waals surface area contributed by atoms with E-state index in [2.05, 4.69) is 46.2 Å². The molecule has 0 aromatic heterocycles. The van der Waals surface area contributed by atoms with Crippen molar-refractivity contribution in [1.82, 2.24) is 5.32 Å². The summed E-state index contributed by atoms with van der Waals surface area (Å²) in [5, 5.41) is 5.81. The predicted octanol–water partition coefficient (Wildman–Crippen LogP) is 6.56. The van der Waals surface area contributed by atoms with E-state index in [1.54, 1.807) is 0 Å². The van der Waals surface area contributed by atoms with Gasteiger partial charge in [-0.2, -0.15) is 0 Å². The quantitative estimate of drug-likeness (QED) is 0.314. The molecule has 0 amide bonds. The zero-order chi connectivity index (χ0) is 17.3. The highest BCUT2D eigenvalue weighted by atomic mass is 32.2. The highest BCUT2D eigenvalue weighted by molar-refractivity contribution is 8.03. The molecule has 0 aromatic rings. The Morgan fingerprint density at radius 3 is 2.70 bits per heavy atom. The number of rotatable bonds is 12. The maximum absolute atomic E-state index is 4.12. The Bertz CT molecular complexity index is 378. The maximum atomic E-state index is 4.12. The van der Waals surface area contributed by atoms with Crippen molar-refractivity contribution in [3.63, 3.8) is 0 Å². The van der Waals surface area contributed by atoms with E-state index in [1.807, 2.05) is 11.8 Å². The van der Waals surface area contributed by atoms with Gasteiger partial charge >= 0.3 is 0 Å². The summed E-state index contributed by atoms with van der Waals surface area (Å²) >= 11 is 1.98. The Hall–Kier alpha value is 0.220. The van der Waals surface area contributed by atoms with Crippen LogP contribution in [0.15, 0.2) is 23.4 Å². The summed E-state index contributed by atoms with van der Waals surface area (Å²) in [5.41, 5.74) is 1.32. The molecule has 1 fully saturated rings. The summed E-state index contributed by atoms with van der Waals surface area (Å²) < 4.78 is 0. The van der Waals surface area contributed by atoms with Crippen molar-refractivity contribution in [3.8, 4) is 0 Å². The molecule has 3 atom stereocenters. The van der Waals surface area contributed by atoms with Crippen molar-refractivity contribution in [2.45, 2.75) is 83.5 Å². The largest absolute Gasteiger partial charge is 0.316 e. The summed E-state index contributed by atoms with van der Waals surface area (Å²) in [4.78, 5) is 1.37. The number of nitrogens with one attached hydrogen (secondary N) is 1. The zero-order valence-electron chi connectivity index (χ0n) is 15.8. The van der Waals surface area contributed by atoms with Crippen LogP contribution in [0.4, 0.5) is 0 Å². The fraction of sp³-hybridized carbons (Fsp3) is 0.800. The van der Waals surface area contributed by atoms with E-state index < -0.39 is 0 Å². The SMILES string of the molecule is C=C(C)PC(CCC)CCC(C)(C)CCNCC1CCC(=C)S1. The summed E-state index contributed by atoms with van der Waals surface area (Å²) in [7, 11) is 0.955. The lowest BCUT2D eigenvalue weighted by Gasteiger charge is -2.28. The van der Waals surface area contributed by atoms with Crippen LogP contribution in [0.5, 0.6) is 0 Å². The van der Waals surface area contributed by atoms with Crippen molar-refractivity contribution >= 4 is 20.3 Å². The van der Waals surface area contributed by atoms with Gasteiger partial charge in [0.25, 0.3) is 0 Å². The van der Waals surface area contributed by atoms with Crippen molar-refractivity contribution in [2.24, 2.45) is 5.41 Å². The minimum absolute atomic E-state index is 0.449. The van der Waals surface area contributed by atoms with Gasteiger partial charge in [-0.15, -0.1) is 11.8 Å². The lowest BCUT2D eigenvalue weighted by atomic mass is 9.83. The first-order chi connectivity index (χ1) is 10.8. The molecule has 134 valence electrons. The normalized spacial score (nSPS) is 20.5. The number of allylic oxidation sites excluding steroid dienone is 2. The molecule has 1 rings (SSSR count). The molecule has 1 aliphatic rings. The van der Waals surface area contributed by atoms with Crippen LogP contribution in [0, 0.1) is 5.41 Å². The average Bonchev–Trinajstić information content (AvgIpc) is 2.87. The Morgan fingerprint density at radius 2 is 2.13 bits per heavy atom. The van der Waals surface area contributed by atoms with Crippen LogP contribution in [-0.2, 0) is 0 Å². The Labute approximate surface area is 151 Å². The maximum Gasteiger partial charge on any atom is 0.0219 e. The second kappa shape index (κ2) is 11.0. The smallest absolute Gasteiger partial charge is 0.0219 e. The average molecular weight is 356 g/mol. The van der Waals surface area contributed by atoms with Crippen LogP contribution in [0.3, 0.4) is 0 Å². The van der Waals surface area contributed by atoms with E-state index in [0.29, 0.717) is 5.41 Å². The van der Waals surface area contributed by atoms with Gasteiger partial charge < -0.3 is 5.32 Å². The number of hydrogen-bond acceptors (Lipinski definition) is 2. The third-order valence-corrected chi connectivity index (χ3v) is 7.44. The van der Waals surface area contributed by atoms with Gasteiger partial charge in [-0.1, -0.05) is 54.2 Å². The topological polar surface area (TPSA) is 12.0 Å². The highest BCUT2D eigenvalue weighted by Gasteiger charge is 2.21. The lowest BCUT2D eigenvalue weighted by Crippen LogP contribution is -2.28. The summed E-state index contributed by atoms with van der Waals surface area (Å²) in [6, 6.07) is 0. The van der Waals surface area contributed by atoms with E-state index in [1.165, 1.54) is 55.2 Å². The van der Waals surface area contributed by atoms with E-state index in [9.17, 15) is 0 Å². The van der Waals surface area contributed by atoms with E-state index in [4.69, 9.17) is 0 Å².